The standard InChI is InChI=1S/C19H24ClN3O3/c1-12(2)5-8-26-17-6-7-25-11-16(17)23-19(24)10-18-21-14-4-3-13(20)9-15(14)22-18/h3-5,9,16-17H,6-8,10-11H2,1-2H3,(H,21,22)(H,23,24)/t16-,17+/m1/s1. The Morgan fingerprint density at radius 2 is 2.35 bits per heavy atom. The molecular weight excluding hydrogens is 354 g/mol. The summed E-state index contributed by atoms with van der Waals surface area (Å²) < 4.78 is 11.4. The van der Waals surface area contributed by atoms with E-state index < -0.39 is 0 Å². The minimum absolute atomic E-state index is 0.0437. The van der Waals surface area contributed by atoms with Gasteiger partial charge in [-0.15, -0.1) is 0 Å². The molecule has 2 N–H and O–H groups in total. The Balaban J connectivity index is 1.58. The third kappa shape index (κ3) is 5.06. The van der Waals surface area contributed by atoms with Gasteiger partial charge in [0, 0.05) is 11.6 Å². The highest BCUT2D eigenvalue weighted by molar-refractivity contribution is 6.31. The molecule has 0 bridgehead atoms. The lowest BCUT2D eigenvalue weighted by molar-refractivity contribution is -0.125. The summed E-state index contributed by atoms with van der Waals surface area (Å²) >= 11 is 5.98. The van der Waals surface area contributed by atoms with Crippen LogP contribution in [0.25, 0.3) is 11.0 Å². The van der Waals surface area contributed by atoms with Crippen molar-refractivity contribution in [1.82, 2.24) is 15.3 Å². The lowest BCUT2D eigenvalue weighted by Gasteiger charge is -2.31. The number of rotatable bonds is 6. The number of aromatic nitrogens is 2. The Kier molecular flexibility index (Phi) is 6.29. The highest BCUT2D eigenvalue weighted by atomic mass is 35.5. The molecule has 1 aromatic carbocycles. The number of nitrogens with zero attached hydrogens (tertiary/aromatic N) is 1. The SMILES string of the molecule is CC(C)=CCO[C@H]1CCOC[C@H]1NC(=O)Cc1nc2ccc(Cl)cc2[nH]1. The second kappa shape index (κ2) is 8.66. The smallest absolute Gasteiger partial charge is 0.227 e. The van der Waals surface area contributed by atoms with Gasteiger partial charge in [0.15, 0.2) is 0 Å². The fraction of sp³-hybridized carbons (Fsp3) is 0.474. The van der Waals surface area contributed by atoms with Gasteiger partial charge in [-0.2, -0.15) is 0 Å². The van der Waals surface area contributed by atoms with E-state index in [9.17, 15) is 4.79 Å². The van der Waals surface area contributed by atoms with E-state index in [4.69, 9.17) is 21.1 Å². The van der Waals surface area contributed by atoms with Crippen molar-refractivity contribution in [2.75, 3.05) is 19.8 Å². The molecule has 0 unspecified atom stereocenters. The topological polar surface area (TPSA) is 76.2 Å². The zero-order valence-corrected chi connectivity index (χ0v) is 15.8. The lowest BCUT2D eigenvalue weighted by Crippen LogP contribution is -2.51. The van der Waals surface area contributed by atoms with E-state index in [0.29, 0.717) is 30.7 Å². The van der Waals surface area contributed by atoms with Gasteiger partial charge in [-0.05, 0) is 38.5 Å². The molecule has 2 heterocycles. The number of H-pyrrole nitrogens is 1. The number of allylic oxidation sites excluding steroid dienone is 1. The Morgan fingerprint density at radius 3 is 3.15 bits per heavy atom. The fourth-order valence-corrected chi connectivity index (χ4v) is 3.09. The lowest BCUT2D eigenvalue weighted by atomic mass is 10.1. The van der Waals surface area contributed by atoms with Crippen molar-refractivity contribution in [2.24, 2.45) is 0 Å². The predicted molar refractivity (Wildman–Crippen MR) is 101 cm³/mol. The van der Waals surface area contributed by atoms with Crippen LogP contribution in [0.5, 0.6) is 0 Å². The van der Waals surface area contributed by atoms with Crippen molar-refractivity contribution in [3.05, 3.63) is 40.7 Å². The molecule has 0 saturated carbocycles. The highest BCUT2D eigenvalue weighted by Crippen LogP contribution is 2.17. The summed E-state index contributed by atoms with van der Waals surface area (Å²) in [5.74, 6) is 0.500. The van der Waals surface area contributed by atoms with Gasteiger partial charge < -0.3 is 19.8 Å². The molecular formula is C19H24ClN3O3. The molecule has 6 nitrogen and oxygen atoms in total. The first-order valence-corrected chi connectivity index (χ1v) is 9.15. The molecule has 1 amide bonds. The number of carbonyl (C=O) groups is 1. The molecule has 1 aromatic heterocycles. The van der Waals surface area contributed by atoms with Crippen LogP contribution in [-0.2, 0) is 20.7 Å². The molecule has 26 heavy (non-hydrogen) atoms. The molecule has 0 spiro atoms. The van der Waals surface area contributed by atoms with Gasteiger partial charge in [-0.1, -0.05) is 23.3 Å². The number of halogens is 1. The molecule has 7 heteroatoms. The first-order valence-electron chi connectivity index (χ1n) is 8.77. The zero-order valence-electron chi connectivity index (χ0n) is 15.0. The number of amides is 1. The molecule has 1 fully saturated rings. The van der Waals surface area contributed by atoms with Crippen molar-refractivity contribution in [1.29, 1.82) is 0 Å². The Hall–Kier alpha value is -1.89. The Labute approximate surface area is 157 Å². The third-order valence-electron chi connectivity index (χ3n) is 4.26. The normalized spacial score (nSPS) is 20.1. The van der Waals surface area contributed by atoms with E-state index in [1.807, 2.05) is 26.0 Å². The van der Waals surface area contributed by atoms with Crippen molar-refractivity contribution in [3.8, 4) is 0 Å². The van der Waals surface area contributed by atoms with E-state index in [1.54, 1.807) is 12.1 Å². The Morgan fingerprint density at radius 1 is 1.50 bits per heavy atom. The number of imidazole rings is 1. The molecule has 1 aliphatic rings. The van der Waals surface area contributed by atoms with E-state index >= 15 is 0 Å². The van der Waals surface area contributed by atoms with Crippen LogP contribution >= 0.6 is 11.6 Å². The van der Waals surface area contributed by atoms with Gasteiger partial charge >= 0.3 is 0 Å². The van der Waals surface area contributed by atoms with Crippen LogP contribution in [0.4, 0.5) is 0 Å². The summed E-state index contributed by atoms with van der Waals surface area (Å²) in [6.45, 7) is 5.72. The number of benzene rings is 1. The van der Waals surface area contributed by atoms with E-state index in [2.05, 4.69) is 15.3 Å². The monoisotopic (exact) mass is 377 g/mol. The van der Waals surface area contributed by atoms with Crippen molar-refractivity contribution < 1.29 is 14.3 Å². The zero-order chi connectivity index (χ0) is 18.5. The van der Waals surface area contributed by atoms with Crippen LogP contribution in [0.3, 0.4) is 0 Å². The van der Waals surface area contributed by atoms with Gasteiger partial charge in [0.1, 0.15) is 5.82 Å². The maximum absolute atomic E-state index is 12.4. The van der Waals surface area contributed by atoms with Crippen LogP contribution in [0.2, 0.25) is 5.02 Å². The first kappa shape index (κ1) is 18.9. The average molecular weight is 378 g/mol. The van der Waals surface area contributed by atoms with Crippen LogP contribution < -0.4 is 5.32 Å². The second-order valence-corrected chi connectivity index (χ2v) is 7.15. The maximum Gasteiger partial charge on any atom is 0.227 e. The quantitative estimate of drug-likeness (QED) is 0.759. The summed E-state index contributed by atoms with van der Waals surface area (Å²) in [5, 5.41) is 3.65. The van der Waals surface area contributed by atoms with Crippen molar-refractivity contribution in [2.45, 2.75) is 38.8 Å². The molecule has 2 aromatic rings. The predicted octanol–water partition coefficient (Wildman–Crippen LogP) is 3.02. The molecule has 140 valence electrons. The van der Waals surface area contributed by atoms with E-state index in [-0.39, 0.29) is 24.5 Å². The number of fused-ring (bicyclic) bond motifs is 1. The van der Waals surface area contributed by atoms with Gasteiger partial charge in [0.25, 0.3) is 0 Å². The Bertz CT molecular complexity index is 798. The number of aromatic amines is 1. The van der Waals surface area contributed by atoms with Crippen LogP contribution in [0.1, 0.15) is 26.1 Å². The van der Waals surface area contributed by atoms with Crippen LogP contribution in [0, 0.1) is 0 Å². The third-order valence-corrected chi connectivity index (χ3v) is 4.50. The van der Waals surface area contributed by atoms with Crippen LogP contribution in [0.15, 0.2) is 29.8 Å². The van der Waals surface area contributed by atoms with Gasteiger partial charge in [0.2, 0.25) is 5.91 Å². The summed E-state index contributed by atoms with van der Waals surface area (Å²) in [6, 6.07) is 5.26. The first-order chi connectivity index (χ1) is 12.5. The van der Waals surface area contributed by atoms with Crippen molar-refractivity contribution in [3.63, 3.8) is 0 Å². The molecule has 2 atom stereocenters. The van der Waals surface area contributed by atoms with Crippen molar-refractivity contribution >= 4 is 28.5 Å². The molecule has 0 aliphatic carbocycles. The molecule has 3 rings (SSSR count). The minimum atomic E-state index is -0.152. The van der Waals surface area contributed by atoms with Crippen LogP contribution in [-0.4, -0.2) is 47.8 Å². The van der Waals surface area contributed by atoms with E-state index in [0.717, 1.165) is 17.5 Å². The van der Waals surface area contributed by atoms with Gasteiger partial charge in [0.05, 0.1) is 42.8 Å². The van der Waals surface area contributed by atoms with Gasteiger partial charge in [-0.3, -0.25) is 4.79 Å². The number of carbonyl (C=O) groups excluding carboxylic acids is 1. The minimum Gasteiger partial charge on any atom is -0.379 e. The number of nitrogens with one attached hydrogen (secondary N) is 2. The fourth-order valence-electron chi connectivity index (χ4n) is 2.92. The summed E-state index contributed by atoms with van der Waals surface area (Å²) in [6.07, 6.45) is 2.93. The largest absolute Gasteiger partial charge is 0.379 e. The van der Waals surface area contributed by atoms with Gasteiger partial charge in [-0.25, -0.2) is 4.98 Å². The van der Waals surface area contributed by atoms with E-state index in [1.165, 1.54) is 5.57 Å². The molecule has 1 saturated heterocycles. The highest BCUT2D eigenvalue weighted by Gasteiger charge is 2.28. The second-order valence-electron chi connectivity index (χ2n) is 6.71. The number of hydrogen-bond donors (Lipinski definition) is 2. The maximum atomic E-state index is 12.4. The summed E-state index contributed by atoms with van der Waals surface area (Å²) in [5.41, 5.74) is 2.83. The average Bonchev–Trinajstić information content (AvgIpc) is 2.97. The summed E-state index contributed by atoms with van der Waals surface area (Å²) in [4.78, 5) is 20.0. The summed E-state index contributed by atoms with van der Waals surface area (Å²) in [7, 11) is 0. The molecule has 1 aliphatic heterocycles. The number of hydrogen-bond acceptors (Lipinski definition) is 4. The number of ether oxygens (including phenoxy) is 2. The molecule has 0 radical (unpaired) electrons.